The molecule has 38 heavy (non-hydrogen) atoms. The summed E-state index contributed by atoms with van der Waals surface area (Å²) in [6.45, 7) is 10.1. The van der Waals surface area contributed by atoms with Gasteiger partial charge >= 0.3 is 12.2 Å². The van der Waals surface area contributed by atoms with Crippen LogP contribution in [-0.4, -0.2) is 47.8 Å². The molecule has 2 amide bonds. The number of aromatic hydroxyl groups is 1. The van der Waals surface area contributed by atoms with Crippen molar-refractivity contribution < 1.29 is 24.2 Å². The summed E-state index contributed by atoms with van der Waals surface area (Å²) >= 11 is 0. The molecule has 0 saturated heterocycles. The van der Waals surface area contributed by atoms with Gasteiger partial charge in [0.15, 0.2) is 0 Å². The van der Waals surface area contributed by atoms with E-state index in [9.17, 15) is 19.5 Å². The Hall–Kier alpha value is -4.41. The normalized spacial score (nSPS) is 12.1. The summed E-state index contributed by atoms with van der Waals surface area (Å²) in [5, 5.41) is 15.7. The van der Waals surface area contributed by atoms with E-state index in [-0.39, 0.29) is 23.7 Å². The van der Waals surface area contributed by atoms with Crippen LogP contribution in [-0.2, 0) is 23.1 Å². The lowest BCUT2D eigenvalue weighted by molar-refractivity contribution is 0.0429. The van der Waals surface area contributed by atoms with Crippen LogP contribution in [0.2, 0.25) is 0 Å². The number of carbonyl (C=O) groups excluding carboxylic acids is 2. The number of carbonyl (C=O) groups is 2. The van der Waals surface area contributed by atoms with Crippen LogP contribution >= 0.6 is 0 Å². The van der Waals surface area contributed by atoms with Crippen LogP contribution in [0.1, 0.15) is 47.2 Å². The number of ether oxygens (including phenoxy) is 2. The number of phenolic OH excluding ortho intramolecular Hbond substituents is 1. The number of nitrogens with zero attached hydrogens (tertiary/aromatic N) is 5. The number of aryl methyl sites for hydroxylation is 1. The Morgan fingerprint density at radius 1 is 0.974 bits per heavy atom. The summed E-state index contributed by atoms with van der Waals surface area (Å²) < 4.78 is 13.8. The molecule has 0 fully saturated rings. The van der Waals surface area contributed by atoms with Crippen LogP contribution in [0.25, 0.3) is 21.8 Å². The van der Waals surface area contributed by atoms with Crippen molar-refractivity contribution in [1.29, 1.82) is 0 Å². The largest absolute Gasteiger partial charge is 0.508 e. The van der Waals surface area contributed by atoms with Crippen LogP contribution in [0.3, 0.4) is 0 Å². The van der Waals surface area contributed by atoms with E-state index in [2.05, 4.69) is 10.1 Å². The van der Waals surface area contributed by atoms with E-state index in [1.807, 2.05) is 0 Å². The van der Waals surface area contributed by atoms with Gasteiger partial charge in [-0.2, -0.15) is 10.00 Å². The topological polar surface area (TPSA) is 129 Å². The fourth-order valence-electron chi connectivity index (χ4n) is 3.97. The smallest absolute Gasteiger partial charge is 0.425 e. The second-order valence-corrected chi connectivity index (χ2v) is 10.9. The van der Waals surface area contributed by atoms with E-state index in [0.29, 0.717) is 22.1 Å². The van der Waals surface area contributed by atoms with Gasteiger partial charge in [0.1, 0.15) is 28.3 Å². The molecular weight excluding hydrogens is 490 g/mol. The van der Waals surface area contributed by atoms with Gasteiger partial charge in [-0.05, 0) is 65.8 Å². The number of hydrogen-bond donors (Lipinski definition) is 1. The van der Waals surface area contributed by atoms with Crippen LogP contribution < -0.4 is 10.5 Å². The second kappa shape index (κ2) is 9.47. The average molecular weight is 522 g/mol. The molecule has 0 radical (unpaired) electrons. The van der Waals surface area contributed by atoms with Crippen molar-refractivity contribution in [1.82, 2.24) is 19.3 Å². The zero-order chi connectivity index (χ0) is 28.0. The highest BCUT2D eigenvalue weighted by Crippen LogP contribution is 2.28. The molecule has 1 aromatic carbocycles. The van der Waals surface area contributed by atoms with Gasteiger partial charge in [0.2, 0.25) is 0 Å². The van der Waals surface area contributed by atoms with E-state index >= 15 is 0 Å². The van der Waals surface area contributed by atoms with Gasteiger partial charge in [0, 0.05) is 23.9 Å². The van der Waals surface area contributed by atoms with Crippen molar-refractivity contribution in [2.24, 2.45) is 7.05 Å². The van der Waals surface area contributed by atoms with E-state index in [4.69, 9.17) is 9.47 Å². The predicted molar refractivity (Wildman–Crippen MR) is 142 cm³/mol. The predicted octanol–water partition coefficient (Wildman–Crippen LogP) is 4.71. The SMILES string of the molecule is Cn1c2cc(O)ccc2c2cnn(Cc3cccc(N(C(=O)OC(C)(C)C)C(=O)OC(C)(C)C)n3)c(=O)c21. The molecule has 0 aliphatic heterocycles. The first-order valence-electron chi connectivity index (χ1n) is 12.0. The Bertz CT molecular complexity index is 1580. The molecule has 4 aromatic rings. The summed E-state index contributed by atoms with van der Waals surface area (Å²) in [5.74, 6) is 0.0810. The zero-order valence-corrected chi connectivity index (χ0v) is 22.5. The first-order valence-corrected chi connectivity index (χ1v) is 12.0. The maximum atomic E-state index is 13.4. The minimum Gasteiger partial charge on any atom is -0.508 e. The van der Waals surface area contributed by atoms with Gasteiger partial charge in [-0.15, -0.1) is 0 Å². The van der Waals surface area contributed by atoms with E-state index in [1.54, 1.807) is 89.7 Å². The molecule has 200 valence electrons. The van der Waals surface area contributed by atoms with Crippen molar-refractivity contribution >= 4 is 39.8 Å². The number of imide groups is 1. The quantitative estimate of drug-likeness (QED) is 0.410. The summed E-state index contributed by atoms with van der Waals surface area (Å²) in [6.07, 6.45) is -0.285. The van der Waals surface area contributed by atoms with E-state index < -0.39 is 23.4 Å². The number of phenols is 1. The van der Waals surface area contributed by atoms with Crippen molar-refractivity contribution in [2.45, 2.75) is 59.3 Å². The molecule has 0 aliphatic carbocycles. The van der Waals surface area contributed by atoms with Crippen molar-refractivity contribution in [3.8, 4) is 5.75 Å². The summed E-state index contributed by atoms with van der Waals surface area (Å²) in [6, 6.07) is 9.64. The van der Waals surface area contributed by atoms with Crippen molar-refractivity contribution in [2.75, 3.05) is 4.90 Å². The Kier molecular flexibility index (Phi) is 6.64. The average Bonchev–Trinajstić information content (AvgIpc) is 3.05. The Balaban J connectivity index is 1.73. The third-order valence-corrected chi connectivity index (χ3v) is 5.47. The van der Waals surface area contributed by atoms with Gasteiger partial charge in [0.05, 0.1) is 24.0 Å². The van der Waals surface area contributed by atoms with Crippen LogP contribution in [0.4, 0.5) is 15.4 Å². The molecule has 0 saturated carbocycles. The maximum Gasteiger partial charge on any atom is 0.425 e. The number of hydrogen-bond acceptors (Lipinski definition) is 8. The lowest BCUT2D eigenvalue weighted by Gasteiger charge is -2.28. The number of anilines is 1. The molecule has 0 unspecified atom stereocenters. The molecule has 0 spiro atoms. The molecule has 1 N–H and O–H groups in total. The van der Waals surface area contributed by atoms with Gasteiger partial charge < -0.3 is 19.1 Å². The van der Waals surface area contributed by atoms with Crippen LogP contribution in [0, 0.1) is 0 Å². The number of pyridine rings is 1. The first kappa shape index (κ1) is 26.6. The lowest BCUT2D eigenvalue weighted by Crippen LogP contribution is -2.44. The zero-order valence-electron chi connectivity index (χ0n) is 22.5. The monoisotopic (exact) mass is 521 g/mol. The molecule has 0 atom stereocenters. The Labute approximate surface area is 219 Å². The number of aromatic nitrogens is 4. The highest BCUT2D eigenvalue weighted by molar-refractivity contribution is 6.09. The molecule has 4 rings (SSSR count). The van der Waals surface area contributed by atoms with Crippen molar-refractivity contribution in [3.63, 3.8) is 0 Å². The molecule has 3 heterocycles. The number of rotatable bonds is 3. The number of fused-ring (bicyclic) bond motifs is 3. The molecule has 11 nitrogen and oxygen atoms in total. The molecule has 0 aliphatic rings. The van der Waals surface area contributed by atoms with E-state index in [1.165, 1.54) is 10.7 Å². The molecule has 3 aromatic heterocycles. The first-order chi connectivity index (χ1) is 17.6. The fraction of sp³-hybridized carbons (Fsp3) is 0.370. The minimum absolute atomic E-state index is 0.0137. The maximum absolute atomic E-state index is 13.4. The Morgan fingerprint density at radius 3 is 2.21 bits per heavy atom. The second-order valence-electron chi connectivity index (χ2n) is 10.9. The van der Waals surface area contributed by atoms with Gasteiger partial charge in [-0.25, -0.2) is 19.3 Å². The standard InChI is InChI=1S/C27H31N5O6/c1-26(2,3)37-24(35)32(25(36)38-27(4,5)6)21-10-8-9-16(29-21)15-31-23(34)22-19(14-28-31)18-12-11-17(33)13-20(18)30(22)7/h8-14,33H,15H2,1-7H3. The number of benzene rings is 1. The van der Waals surface area contributed by atoms with Crippen LogP contribution in [0.15, 0.2) is 47.4 Å². The van der Waals surface area contributed by atoms with Gasteiger partial charge in [-0.3, -0.25) is 4.79 Å². The van der Waals surface area contributed by atoms with Gasteiger partial charge in [0.25, 0.3) is 5.56 Å². The minimum atomic E-state index is -0.938. The third kappa shape index (κ3) is 5.46. The summed E-state index contributed by atoms with van der Waals surface area (Å²) in [4.78, 5) is 44.5. The third-order valence-electron chi connectivity index (χ3n) is 5.47. The fourth-order valence-corrected chi connectivity index (χ4v) is 3.97. The number of amides is 2. The van der Waals surface area contributed by atoms with Crippen molar-refractivity contribution in [3.05, 3.63) is 58.6 Å². The summed E-state index contributed by atoms with van der Waals surface area (Å²) in [7, 11) is 1.74. The molecule has 11 heteroatoms. The van der Waals surface area contributed by atoms with Crippen LogP contribution in [0.5, 0.6) is 5.75 Å². The summed E-state index contributed by atoms with van der Waals surface area (Å²) in [5.41, 5.74) is -0.592. The Morgan fingerprint density at radius 2 is 1.61 bits per heavy atom. The van der Waals surface area contributed by atoms with E-state index in [0.717, 1.165) is 10.3 Å². The van der Waals surface area contributed by atoms with Gasteiger partial charge in [-0.1, -0.05) is 6.07 Å². The molecule has 0 bridgehead atoms. The molecular formula is C27H31N5O6. The lowest BCUT2D eigenvalue weighted by atomic mass is 10.2. The highest BCUT2D eigenvalue weighted by Gasteiger charge is 2.33. The highest BCUT2D eigenvalue weighted by atomic mass is 16.6.